The number of nitrogens with one attached hydrogen (secondary N) is 1. The van der Waals surface area contributed by atoms with Gasteiger partial charge in [0.15, 0.2) is 0 Å². The van der Waals surface area contributed by atoms with Crippen molar-refractivity contribution in [3.63, 3.8) is 0 Å². The molecule has 0 radical (unpaired) electrons. The molecule has 1 aliphatic heterocycles. The Balaban J connectivity index is 2.39. The maximum Gasteiger partial charge on any atom is 0.105 e. The molecule has 1 saturated heterocycles. The first-order valence-electron chi connectivity index (χ1n) is 4.84. The average Bonchev–Trinajstić information content (AvgIpc) is 1.91. The van der Waals surface area contributed by atoms with E-state index in [1.165, 1.54) is 0 Å². The van der Waals surface area contributed by atoms with E-state index in [2.05, 4.69) is 26.1 Å². The summed E-state index contributed by atoms with van der Waals surface area (Å²) in [6.07, 6.45) is 1.10. The maximum absolute atomic E-state index is 13.3. The van der Waals surface area contributed by atoms with Gasteiger partial charge in [-0.1, -0.05) is 20.8 Å². The standard InChI is InChI=1S/C10H20FN/c1-10(2,3)6-8-7-12-5-4-9(8)11/h8-9,12H,4-7H2,1-3H3. The van der Waals surface area contributed by atoms with Gasteiger partial charge in [-0.05, 0) is 24.8 Å². The molecule has 1 heterocycles. The zero-order valence-electron chi connectivity index (χ0n) is 8.36. The highest BCUT2D eigenvalue weighted by Crippen LogP contribution is 2.29. The molecule has 0 aromatic carbocycles. The second-order valence-electron chi connectivity index (χ2n) is 5.03. The lowest BCUT2D eigenvalue weighted by Gasteiger charge is -2.31. The van der Waals surface area contributed by atoms with Crippen LogP contribution in [0.1, 0.15) is 33.6 Å². The van der Waals surface area contributed by atoms with Gasteiger partial charge in [0, 0.05) is 12.5 Å². The number of piperidine rings is 1. The highest BCUT2D eigenvalue weighted by molar-refractivity contribution is 4.81. The molecule has 2 heteroatoms. The van der Waals surface area contributed by atoms with Gasteiger partial charge in [0.2, 0.25) is 0 Å². The Morgan fingerprint density at radius 2 is 2.08 bits per heavy atom. The summed E-state index contributed by atoms with van der Waals surface area (Å²) in [6, 6.07) is 0. The quantitative estimate of drug-likeness (QED) is 0.642. The first-order valence-corrected chi connectivity index (χ1v) is 4.84. The molecule has 1 N–H and O–H groups in total. The van der Waals surface area contributed by atoms with E-state index in [-0.39, 0.29) is 11.3 Å². The van der Waals surface area contributed by atoms with Gasteiger partial charge >= 0.3 is 0 Å². The van der Waals surface area contributed by atoms with E-state index in [0.717, 1.165) is 19.5 Å². The van der Waals surface area contributed by atoms with Crippen molar-refractivity contribution in [1.82, 2.24) is 5.32 Å². The van der Waals surface area contributed by atoms with Crippen LogP contribution in [0, 0.1) is 11.3 Å². The lowest BCUT2D eigenvalue weighted by Crippen LogP contribution is -2.39. The molecular formula is C10H20FN. The van der Waals surface area contributed by atoms with Crippen molar-refractivity contribution in [3.05, 3.63) is 0 Å². The Kier molecular flexibility index (Phi) is 3.10. The van der Waals surface area contributed by atoms with Crippen molar-refractivity contribution in [2.75, 3.05) is 13.1 Å². The highest BCUT2D eigenvalue weighted by Gasteiger charge is 2.28. The van der Waals surface area contributed by atoms with Crippen LogP contribution in [0.25, 0.3) is 0 Å². The predicted molar refractivity (Wildman–Crippen MR) is 49.9 cm³/mol. The lowest BCUT2D eigenvalue weighted by molar-refractivity contribution is 0.134. The van der Waals surface area contributed by atoms with Crippen molar-refractivity contribution < 1.29 is 4.39 Å². The number of halogens is 1. The number of rotatable bonds is 1. The molecule has 2 atom stereocenters. The summed E-state index contributed by atoms with van der Waals surface area (Å²) < 4.78 is 13.3. The number of hydrogen-bond acceptors (Lipinski definition) is 1. The minimum absolute atomic E-state index is 0.235. The Morgan fingerprint density at radius 1 is 1.42 bits per heavy atom. The van der Waals surface area contributed by atoms with Crippen molar-refractivity contribution in [2.24, 2.45) is 11.3 Å². The third-order valence-electron chi connectivity index (χ3n) is 2.39. The minimum Gasteiger partial charge on any atom is -0.316 e. The normalized spacial score (nSPS) is 32.0. The first-order chi connectivity index (χ1) is 5.49. The molecule has 1 rings (SSSR count). The molecule has 0 aromatic heterocycles. The number of hydrogen-bond donors (Lipinski definition) is 1. The summed E-state index contributed by atoms with van der Waals surface area (Å²) in [5.41, 5.74) is 0.258. The fourth-order valence-electron chi connectivity index (χ4n) is 1.88. The van der Waals surface area contributed by atoms with Crippen molar-refractivity contribution in [3.8, 4) is 0 Å². The predicted octanol–water partition coefficient (Wildman–Crippen LogP) is 2.37. The van der Waals surface area contributed by atoms with E-state index >= 15 is 0 Å². The third-order valence-corrected chi connectivity index (χ3v) is 2.39. The van der Waals surface area contributed by atoms with Gasteiger partial charge in [0.25, 0.3) is 0 Å². The molecule has 0 amide bonds. The molecule has 72 valence electrons. The Hall–Kier alpha value is -0.110. The summed E-state index contributed by atoms with van der Waals surface area (Å²) >= 11 is 0. The third kappa shape index (κ3) is 3.10. The Bertz CT molecular complexity index is 139. The topological polar surface area (TPSA) is 12.0 Å². The van der Waals surface area contributed by atoms with E-state index in [0.29, 0.717) is 6.42 Å². The van der Waals surface area contributed by atoms with Gasteiger partial charge in [-0.3, -0.25) is 0 Å². The lowest BCUT2D eigenvalue weighted by atomic mass is 9.81. The van der Waals surface area contributed by atoms with Crippen LogP contribution in [0.3, 0.4) is 0 Å². The van der Waals surface area contributed by atoms with E-state index < -0.39 is 6.17 Å². The monoisotopic (exact) mass is 173 g/mol. The largest absolute Gasteiger partial charge is 0.316 e. The van der Waals surface area contributed by atoms with E-state index in [4.69, 9.17) is 0 Å². The van der Waals surface area contributed by atoms with Crippen LogP contribution >= 0.6 is 0 Å². The molecule has 0 aliphatic carbocycles. The molecule has 1 aliphatic rings. The molecule has 0 bridgehead atoms. The molecule has 2 unspecified atom stereocenters. The van der Waals surface area contributed by atoms with Crippen molar-refractivity contribution >= 4 is 0 Å². The summed E-state index contributed by atoms with van der Waals surface area (Å²) in [7, 11) is 0. The van der Waals surface area contributed by atoms with Crippen LogP contribution in [0.15, 0.2) is 0 Å². The zero-order valence-corrected chi connectivity index (χ0v) is 8.36. The van der Waals surface area contributed by atoms with Gasteiger partial charge < -0.3 is 5.32 Å². The van der Waals surface area contributed by atoms with Gasteiger partial charge in [-0.25, -0.2) is 4.39 Å². The molecule has 0 saturated carbocycles. The first kappa shape index (κ1) is 9.97. The van der Waals surface area contributed by atoms with E-state index in [1.807, 2.05) is 0 Å². The van der Waals surface area contributed by atoms with Crippen LogP contribution < -0.4 is 5.32 Å². The van der Waals surface area contributed by atoms with Crippen molar-refractivity contribution in [2.45, 2.75) is 39.8 Å². The fraction of sp³-hybridized carbons (Fsp3) is 1.00. The SMILES string of the molecule is CC(C)(C)CC1CNCCC1F. The van der Waals surface area contributed by atoms with Crippen LogP contribution in [-0.4, -0.2) is 19.3 Å². The fourth-order valence-corrected chi connectivity index (χ4v) is 1.88. The molecule has 0 aromatic rings. The van der Waals surface area contributed by atoms with E-state index in [1.54, 1.807) is 0 Å². The second-order valence-corrected chi connectivity index (χ2v) is 5.03. The van der Waals surface area contributed by atoms with Crippen LogP contribution in [0.2, 0.25) is 0 Å². The van der Waals surface area contributed by atoms with Gasteiger partial charge in [0.1, 0.15) is 6.17 Å². The molecule has 1 nitrogen and oxygen atoms in total. The molecular weight excluding hydrogens is 153 g/mol. The number of alkyl halides is 1. The zero-order chi connectivity index (χ0) is 9.19. The molecule has 12 heavy (non-hydrogen) atoms. The summed E-state index contributed by atoms with van der Waals surface area (Å²) in [5.74, 6) is 0.235. The van der Waals surface area contributed by atoms with Crippen LogP contribution in [0.4, 0.5) is 4.39 Å². The average molecular weight is 173 g/mol. The molecule has 1 fully saturated rings. The van der Waals surface area contributed by atoms with Crippen LogP contribution in [-0.2, 0) is 0 Å². The maximum atomic E-state index is 13.3. The van der Waals surface area contributed by atoms with Gasteiger partial charge in [-0.15, -0.1) is 0 Å². The smallest absolute Gasteiger partial charge is 0.105 e. The van der Waals surface area contributed by atoms with Crippen LogP contribution in [0.5, 0.6) is 0 Å². The minimum atomic E-state index is -0.578. The summed E-state index contributed by atoms with van der Waals surface area (Å²) in [5, 5.41) is 3.25. The van der Waals surface area contributed by atoms with Crippen molar-refractivity contribution in [1.29, 1.82) is 0 Å². The highest BCUT2D eigenvalue weighted by atomic mass is 19.1. The second kappa shape index (κ2) is 3.73. The van der Waals surface area contributed by atoms with Gasteiger partial charge in [-0.2, -0.15) is 0 Å². The Morgan fingerprint density at radius 3 is 2.58 bits per heavy atom. The Labute approximate surface area is 74.7 Å². The summed E-state index contributed by atoms with van der Waals surface area (Å²) in [4.78, 5) is 0. The van der Waals surface area contributed by atoms with Gasteiger partial charge in [0.05, 0.1) is 0 Å². The van der Waals surface area contributed by atoms with E-state index in [9.17, 15) is 4.39 Å². The summed E-state index contributed by atoms with van der Waals surface area (Å²) in [6.45, 7) is 8.23. The molecule has 0 spiro atoms.